The van der Waals surface area contributed by atoms with Gasteiger partial charge in [-0.25, -0.2) is 18.7 Å². The molecular formula is C11H18N7O13P3. The van der Waals surface area contributed by atoms with Crippen LogP contribution in [0.5, 0.6) is 0 Å². The van der Waals surface area contributed by atoms with Crippen LogP contribution in [0.4, 0.5) is 11.6 Å². The number of imidazole rings is 1. The minimum Gasteiger partial charge on any atom is -0.387 e. The Balaban J connectivity index is 1.79. The molecular weight excluding hydrogens is 531 g/mol. The van der Waals surface area contributed by atoms with E-state index in [1.54, 1.807) is 0 Å². The monoisotopic (exact) mass is 549 g/mol. The van der Waals surface area contributed by atoms with E-state index in [1.165, 1.54) is 0 Å². The number of hydrogen-bond acceptors (Lipinski definition) is 15. The minimum atomic E-state index is -5.74. The SMILES string of the molecule is N=c1nc(N)c2ncn([C@@H]3O[C@H](COP(=O)(O)OP(=O)(O)OP(=O)(O)O)[C@@H](O)[C@H]3O)c2c(N)n1. The van der Waals surface area contributed by atoms with Crippen molar-refractivity contribution in [3.63, 3.8) is 0 Å². The van der Waals surface area contributed by atoms with Crippen molar-refractivity contribution in [3.8, 4) is 0 Å². The van der Waals surface area contributed by atoms with Crippen molar-refractivity contribution in [2.24, 2.45) is 0 Å². The Morgan fingerprint density at radius 2 is 1.65 bits per heavy atom. The van der Waals surface area contributed by atoms with Crippen molar-refractivity contribution in [1.82, 2.24) is 19.5 Å². The fourth-order valence-electron chi connectivity index (χ4n) is 2.92. The lowest BCUT2D eigenvalue weighted by Crippen LogP contribution is -2.33. The molecule has 0 amide bonds. The van der Waals surface area contributed by atoms with Gasteiger partial charge in [0.15, 0.2) is 17.9 Å². The average Bonchev–Trinajstić information content (AvgIpc) is 3.16. The molecule has 3 rings (SSSR count). The zero-order chi connectivity index (χ0) is 25.6. The number of rotatable bonds is 8. The summed E-state index contributed by atoms with van der Waals surface area (Å²) in [5.74, 6) is -0.496. The molecule has 11 N–H and O–H groups in total. The fourth-order valence-corrected chi connectivity index (χ4v) is 5.95. The van der Waals surface area contributed by atoms with E-state index >= 15 is 0 Å². The van der Waals surface area contributed by atoms with Crippen molar-refractivity contribution < 1.29 is 61.4 Å². The van der Waals surface area contributed by atoms with Crippen LogP contribution in [0.15, 0.2) is 6.33 Å². The molecule has 6 atom stereocenters. The molecule has 0 radical (unpaired) electrons. The number of fused-ring (bicyclic) bond motifs is 1. The maximum atomic E-state index is 11.9. The normalized spacial score (nSPS) is 26.9. The van der Waals surface area contributed by atoms with E-state index in [0.29, 0.717) is 0 Å². The van der Waals surface area contributed by atoms with Crippen LogP contribution >= 0.6 is 23.5 Å². The standard InChI is InChI=1S/C11H18N7O13P3/c12-8-4-5(9(13)17-11(14)16-8)18(2-15-4)10-7(20)6(19)3(29-10)1-28-33(24,25)31-34(26,27)30-32(21,22)23/h2-3,6-7,10,19-20H,1H2,(H,24,25)(H,26,27)(H2,21,22,23)(H5,12,13,14,16,17)/t3-,6-,7-,10-/m1/s1. The molecule has 2 aromatic heterocycles. The average molecular weight is 549 g/mol. The van der Waals surface area contributed by atoms with Crippen LogP contribution < -0.4 is 17.1 Å². The van der Waals surface area contributed by atoms with Gasteiger partial charge in [0.1, 0.15) is 29.3 Å². The Morgan fingerprint density at radius 3 is 2.26 bits per heavy atom. The van der Waals surface area contributed by atoms with E-state index in [9.17, 15) is 28.8 Å². The van der Waals surface area contributed by atoms with Crippen LogP contribution in [-0.2, 0) is 31.6 Å². The zero-order valence-corrected chi connectivity index (χ0v) is 19.1. The molecule has 2 aromatic rings. The Bertz CT molecular complexity index is 1300. The van der Waals surface area contributed by atoms with Crippen LogP contribution in [0.2, 0.25) is 0 Å². The van der Waals surface area contributed by atoms with Crippen molar-refractivity contribution in [2.45, 2.75) is 24.5 Å². The van der Waals surface area contributed by atoms with E-state index in [-0.39, 0.29) is 22.7 Å². The highest BCUT2D eigenvalue weighted by Gasteiger charge is 2.47. The van der Waals surface area contributed by atoms with E-state index in [0.717, 1.165) is 10.9 Å². The number of aromatic nitrogens is 4. The minimum absolute atomic E-state index is 0.00879. The molecule has 34 heavy (non-hydrogen) atoms. The van der Waals surface area contributed by atoms with Gasteiger partial charge in [-0.05, 0) is 0 Å². The molecule has 1 fully saturated rings. The summed E-state index contributed by atoms with van der Waals surface area (Å²) in [6.45, 7) is -1.02. The molecule has 0 spiro atoms. The number of nitrogens with zero attached hydrogens (tertiary/aromatic N) is 4. The van der Waals surface area contributed by atoms with E-state index in [2.05, 4.69) is 28.1 Å². The lowest BCUT2D eigenvalue weighted by molar-refractivity contribution is -0.0500. The highest BCUT2D eigenvalue weighted by molar-refractivity contribution is 7.66. The van der Waals surface area contributed by atoms with Gasteiger partial charge in [0.05, 0.1) is 12.9 Å². The Morgan fingerprint density at radius 1 is 1.03 bits per heavy atom. The number of hydrogen-bond donors (Lipinski definition) is 9. The Kier molecular flexibility index (Phi) is 7.30. The van der Waals surface area contributed by atoms with E-state index in [4.69, 9.17) is 36.3 Å². The quantitative estimate of drug-likeness (QED) is 0.153. The van der Waals surface area contributed by atoms with Crippen LogP contribution in [0, 0.1) is 5.41 Å². The molecule has 190 valence electrons. The van der Waals surface area contributed by atoms with Gasteiger partial charge in [0, 0.05) is 0 Å². The number of aliphatic hydroxyl groups excluding tert-OH is 2. The summed E-state index contributed by atoms with van der Waals surface area (Å²) >= 11 is 0. The van der Waals surface area contributed by atoms with Crippen LogP contribution in [-0.4, -0.2) is 74.2 Å². The topological polar surface area (TPSA) is 329 Å². The lowest BCUT2D eigenvalue weighted by atomic mass is 10.1. The molecule has 0 bridgehead atoms. The largest absolute Gasteiger partial charge is 0.490 e. The Labute approximate surface area is 187 Å². The Hall–Kier alpha value is -1.89. The molecule has 2 unspecified atom stereocenters. The number of aliphatic hydroxyl groups is 2. The second-order valence-electron chi connectivity index (χ2n) is 6.60. The van der Waals surface area contributed by atoms with Gasteiger partial charge in [0.2, 0.25) is 5.62 Å². The van der Waals surface area contributed by atoms with Gasteiger partial charge in [-0.1, -0.05) is 0 Å². The first-order chi connectivity index (χ1) is 15.5. The number of ether oxygens (including phenoxy) is 1. The summed E-state index contributed by atoms with van der Waals surface area (Å²) < 4.78 is 52.0. The molecule has 0 aromatic carbocycles. The molecule has 23 heteroatoms. The molecule has 1 aliphatic heterocycles. The number of nitrogen functional groups attached to an aromatic ring is 2. The first kappa shape index (κ1) is 26.7. The number of phosphoric ester groups is 1. The molecule has 20 nitrogen and oxygen atoms in total. The summed E-state index contributed by atoms with van der Waals surface area (Å²) in [5.41, 5.74) is 11.0. The van der Waals surface area contributed by atoms with Crippen LogP contribution in [0.3, 0.4) is 0 Å². The molecule has 0 aliphatic carbocycles. The predicted octanol–water partition coefficient (Wildman–Crippen LogP) is -2.57. The van der Waals surface area contributed by atoms with Crippen molar-refractivity contribution in [3.05, 3.63) is 11.9 Å². The number of phosphoric acid groups is 3. The summed E-state index contributed by atoms with van der Waals surface area (Å²) in [5, 5.41) is 28.2. The van der Waals surface area contributed by atoms with Gasteiger partial charge in [-0.3, -0.25) is 14.5 Å². The second-order valence-corrected chi connectivity index (χ2v) is 11.0. The number of nitrogens with one attached hydrogen (secondary N) is 1. The third-order valence-corrected chi connectivity index (χ3v) is 7.96. The van der Waals surface area contributed by atoms with Gasteiger partial charge < -0.3 is 46.0 Å². The maximum Gasteiger partial charge on any atom is 0.490 e. The highest BCUT2D eigenvalue weighted by atomic mass is 31.3. The first-order valence-electron chi connectivity index (χ1n) is 8.64. The van der Waals surface area contributed by atoms with Gasteiger partial charge in [0.25, 0.3) is 0 Å². The highest BCUT2D eigenvalue weighted by Crippen LogP contribution is 2.66. The van der Waals surface area contributed by atoms with Crippen LogP contribution in [0.25, 0.3) is 11.0 Å². The van der Waals surface area contributed by atoms with Gasteiger partial charge >= 0.3 is 23.5 Å². The maximum absolute atomic E-state index is 11.9. The van der Waals surface area contributed by atoms with Crippen LogP contribution in [0.1, 0.15) is 6.23 Å². The zero-order valence-electron chi connectivity index (χ0n) is 16.4. The first-order valence-corrected chi connectivity index (χ1v) is 13.2. The summed E-state index contributed by atoms with van der Waals surface area (Å²) in [6, 6.07) is 0. The smallest absolute Gasteiger partial charge is 0.387 e. The molecule has 3 heterocycles. The number of nitrogens with two attached hydrogens (primary N) is 2. The second kappa shape index (κ2) is 9.29. The van der Waals surface area contributed by atoms with E-state index < -0.39 is 60.2 Å². The fraction of sp³-hybridized carbons (Fsp3) is 0.455. The van der Waals surface area contributed by atoms with Crippen molar-refractivity contribution >= 4 is 46.1 Å². The molecule has 0 saturated carbocycles. The molecule has 1 saturated heterocycles. The third kappa shape index (κ3) is 6.02. The van der Waals surface area contributed by atoms with Gasteiger partial charge in [-0.15, -0.1) is 0 Å². The third-order valence-electron chi connectivity index (χ3n) is 4.16. The summed E-state index contributed by atoms with van der Waals surface area (Å²) in [6.07, 6.45) is -5.34. The van der Waals surface area contributed by atoms with E-state index in [1.807, 2.05) is 0 Å². The molecule has 1 aliphatic rings. The summed E-state index contributed by atoms with van der Waals surface area (Å²) in [4.78, 5) is 47.0. The number of anilines is 2. The van der Waals surface area contributed by atoms with Crippen molar-refractivity contribution in [1.29, 1.82) is 5.41 Å². The predicted molar refractivity (Wildman–Crippen MR) is 106 cm³/mol. The van der Waals surface area contributed by atoms with Gasteiger partial charge in [-0.2, -0.15) is 18.6 Å². The lowest BCUT2D eigenvalue weighted by Gasteiger charge is -2.19. The van der Waals surface area contributed by atoms with Crippen molar-refractivity contribution in [2.75, 3.05) is 18.1 Å². The summed E-state index contributed by atoms with van der Waals surface area (Å²) in [7, 11) is -16.8.